The van der Waals surface area contributed by atoms with E-state index < -0.39 is 0 Å². The average molecular weight is 169 g/mol. The quantitative estimate of drug-likeness (QED) is 0.561. The second-order valence-electron chi connectivity index (χ2n) is 4.39. The lowest BCUT2D eigenvalue weighted by Crippen LogP contribution is -2.25. The first-order valence-corrected chi connectivity index (χ1v) is 5.46. The van der Waals surface area contributed by atoms with Crippen molar-refractivity contribution in [1.29, 1.82) is 0 Å². The Morgan fingerprint density at radius 2 is 1.82 bits per heavy atom. The first kappa shape index (κ1) is 8.85. The van der Waals surface area contributed by atoms with E-state index in [1.165, 1.54) is 41.9 Å². The molecule has 1 saturated heterocycles. The summed E-state index contributed by atoms with van der Waals surface area (Å²) in [6.07, 6.45) is 2.72. The molecule has 1 nitrogen and oxygen atoms in total. The van der Waals surface area contributed by atoms with Crippen molar-refractivity contribution in [2.45, 2.75) is 31.7 Å². The molecule has 1 heterocycles. The van der Waals surface area contributed by atoms with E-state index in [0.717, 1.165) is 0 Å². The van der Waals surface area contributed by atoms with Crippen molar-refractivity contribution in [2.24, 2.45) is 0 Å². The molecule has 11 heavy (non-hydrogen) atoms. The van der Waals surface area contributed by atoms with Crippen molar-refractivity contribution >= 4 is 10.2 Å². The lowest BCUT2D eigenvalue weighted by Gasteiger charge is -2.30. The second-order valence-corrected chi connectivity index (χ2v) is 6.89. The zero-order valence-electron chi connectivity index (χ0n) is 7.98. The van der Waals surface area contributed by atoms with Crippen LogP contribution in [0.2, 0.25) is 5.04 Å². The molecule has 0 aliphatic carbocycles. The van der Waals surface area contributed by atoms with Crippen molar-refractivity contribution in [3.05, 3.63) is 12.3 Å². The van der Waals surface area contributed by atoms with Gasteiger partial charge >= 0.3 is 0 Å². The van der Waals surface area contributed by atoms with Crippen LogP contribution in [0.4, 0.5) is 0 Å². The van der Waals surface area contributed by atoms with E-state index in [0.29, 0.717) is 5.04 Å². The van der Waals surface area contributed by atoms with Gasteiger partial charge in [0.1, 0.15) is 0 Å². The van der Waals surface area contributed by atoms with Gasteiger partial charge in [0.25, 0.3) is 0 Å². The van der Waals surface area contributed by atoms with E-state index >= 15 is 0 Å². The highest BCUT2D eigenvalue weighted by Gasteiger charge is 2.22. The monoisotopic (exact) mass is 169 g/mol. The van der Waals surface area contributed by atoms with E-state index in [1.807, 2.05) is 0 Å². The molecule has 1 rings (SSSR count). The molecule has 0 amide bonds. The molecule has 2 heteroatoms. The second kappa shape index (κ2) is 3.01. The third-order valence-corrected chi connectivity index (χ3v) is 2.93. The van der Waals surface area contributed by atoms with E-state index in [9.17, 15) is 0 Å². The van der Waals surface area contributed by atoms with Crippen LogP contribution < -0.4 is 0 Å². The van der Waals surface area contributed by atoms with Gasteiger partial charge in [0.15, 0.2) is 0 Å². The summed E-state index contributed by atoms with van der Waals surface area (Å²) in [7, 11) is 1.21. The van der Waals surface area contributed by atoms with Crippen LogP contribution in [0.5, 0.6) is 0 Å². The van der Waals surface area contributed by atoms with Crippen molar-refractivity contribution in [3.63, 3.8) is 0 Å². The highest BCUT2D eigenvalue weighted by Crippen LogP contribution is 2.32. The maximum absolute atomic E-state index is 4.17. The number of hydrogen-bond acceptors (Lipinski definition) is 1. The maximum atomic E-state index is 4.17. The van der Waals surface area contributed by atoms with Crippen molar-refractivity contribution in [1.82, 2.24) is 4.90 Å². The van der Waals surface area contributed by atoms with Gasteiger partial charge in [-0.05, 0) is 17.9 Å². The summed E-state index contributed by atoms with van der Waals surface area (Å²) in [6.45, 7) is 11.2. The predicted molar refractivity (Wildman–Crippen MR) is 53.9 cm³/mol. The normalized spacial score (nSPS) is 19.3. The predicted octanol–water partition coefficient (Wildman–Crippen LogP) is 1.16. The number of allylic oxidation sites excluding steroid dienone is 1. The third kappa shape index (κ3) is 2.09. The van der Waals surface area contributed by atoms with E-state index in [4.69, 9.17) is 0 Å². The maximum Gasteiger partial charge on any atom is 0.0175 e. The molecule has 1 fully saturated rings. The Hall–Kier alpha value is -0.243. The average Bonchev–Trinajstić information content (AvgIpc) is 2.34. The minimum atomic E-state index is 0.393. The number of rotatable bonds is 2. The Kier molecular flexibility index (Phi) is 2.42. The highest BCUT2D eigenvalue weighted by molar-refractivity contribution is 6.16. The minimum absolute atomic E-state index is 0.393. The van der Waals surface area contributed by atoms with Gasteiger partial charge < -0.3 is 4.90 Å². The fraction of sp³-hybridized carbons (Fsp3) is 0.778. The van der Waals surface area contributed by atoms with Crippen molar-refractivity contribution < 1.29 is 0 Å². The lowest BCUT2D eigenvalue weighted by atomic mass is 10.1. The van der Waals surface area contributed by atoms with Gasteiger partial charge in [-0.3, -0.25) is 0 Å². The van der Waals surface area contributed by atoms with Crippen LogP contribution in [-0.2, 0) is 0 Å². The number of likely N-dealkylation sites (tertiary alicyclic amines) is 1. The van der Waals surface area contributed by atoms with Gasteiger partial charge in [-0.2, -0.15) is 0 Å². The summed E-state index contributed by atoms with van der Waals surface area (Å²) >= 11 is 0. The van der Waals surface area contributed by atoms with Crippen LogP contribution in [0.15, 0.2) is 12.3 Å². The van der Waals surface area contributed by atoms with E-state index in [-0.39, 0.29) is 0 Å². The Bertz CT molecular complexity index is 151. The van der Waals surface area contributed by atoms with Crippen LogP contribution in [-0.4, -0.2) is 28.2 Å². The van der Waals surface area contributed by atoms with Gasteiger partial charge in [-0.25, -0.2) is 0 Å². The highest BCUT2D eigenvalue weighted by atomic mass is 28.1. The van der Waals surface area contributed by atoms with Gasteiger partial charge in [0.05, 0.1) is 0 Å². The molecule has 0 atom stereocenters. The topological polar surface area (TPSA) is 3.24 Å². The molecule has 1 aliphatic rings. The largest absolute Gasteiger partial charge is 0.375 e. The molecular formula is C9H19NSi. The standard InChI is InChI=1S/C9H19NSi/c1-8(9(2,3)11)10-6-4-5-7-10/h1,4-7H2,2-3,11H3. The third-order valence-electron chi connectivity index (χ3n) is 2.35. The summed E-state index contributed by atoms with van der Waals surface area (Å²) in [5.41, 5.74) is 1.36. The first-order chi connectivity index (χ1) is 5.02. The molecule has 0 unspecified atom stereocenters. The van der Waals surface area contributed by atoms with Gasteiger partial charge in [-0.15, -0.1) is 0 Å². The molecule has 0 N–H and O–H groups in total. The number of nitrogens with zero attached hydrogens (tertiary/aromatic N) is 1. The Balaban J connectivity index is 2.53. The molecule has 1 aliphatic heterocycles. The zero-order valence-corrected chi connectivity index (χ0v) is 9.98. The summed E-state index contributed by atoms with van der Waals surface area (Å²) in [4.78, 5) is 2.45. The lowest BCUT2D eigenvalue weighted by molar-refractivity contribution is 0.389. The molecule has 0 saturated carbocycles. The van der Waals surface area contributed by atoms with Crippen LogP contribution >= 0.6 is 0 Å². The van der Waals surface area contributed by atoms with Gasteiger partial charge in [0, 0.05) is 29.0 Å². The smallest absolute Gasteiger partial charge is 0.0175 e. The zero-order chi connectivity index (χ0) is 8.48. The van der Waals surface area contributed by atoms with Crippen LogP contribution in [0.3, 0.4) is 0 Å². The molecule has 0 spiro atoms. The van der Waals surface area contributed by atoms with Gasteiger partial charge in [0.2, 0.25) is 0 Å². The summed E-state index contributed by atoms with van der Waals surface area (Å²) < 4.78 is 0. The fourth-order valence-corrected chi connectivity index (χ4v) is 1.78. The molecule has 0 aromatic heterocycles. The molecule has 0 bridgehead atoms. The molecule has 0 aromatic rings. The summed E-state index contributed by atoms with van der Waals surface area (Å²) in [6, 6.07) is 0. The van der Waals surface area contributed by atoms with E-state index in [2.05, 4.69) is 25.3 Å². The van der Waals surface area contributed by atoms with Gasteiger partial charge in [-0.1, -0.05) is 20.4 Å². The van der Waals surface area contributed by atoms with Crippen LogP contribution in [0.25, 0.3) is 0 Å². The fourth-order valence-electron chi connectivity index (χ4n) is 1.46. The van der Waals surface area contributed by atoms with Crippen molar-refractivity contribution in [2.75, 3.05) is 13.1 Å². The molecule has 0 aromatic carbocycles. The summed E-state index contributed by atoms with van der Waals surface area (Å²) in [5, 5.41) is 0.393. The number of hydrogen-bond donors (Lipinski definition) is 0. The summed E-state index contributed by atoms with van der Waals surface area (Å²) in [5.74, 6) is 0. The molecule has 64 valence electrons. The molecular weight excluding hydrogens is 150 g/mol. The molecule has 0 radical (unpaired) electrons. The van der Waals surface area contributed by atoms with Crippen LogP contribution in [0.1, 0.15) is 26.7 Å². The van der Waals surface area contributed by atoms with Crippen molar-refractivity contribution in [3.8, 4) is 0 Å². The van der Waals surface area contributed by atoms with E-state index in [1.54, 1.807) is 0 Å². The first-order valence-electron chi connectivity index (χ1n) is 4.46. The Labute approximate surface area is 72.9 Å². The SMILES string of the molecule is C=C(N1CCCC1)C(C)(C)[SiH3]. The Morgan fingerprint density at radius 1 is 1.36 bits per heavy atom. The Morgan fingerprint density at radius 3 is 2.18 bits per heavy atom. The van der Waals surface area contributed by atoms with Crippen LogP contribution in [0, 0.1) is 0 Å². The minimum Gasteiger partial charge on any atom is -0.375 e.